The summed E-state index contributed by atoms with van der Waals surface area (Å²) in [7, 11) is 0. The summed E-state index contributed by atoms with van der Waals surface area (Å²) in [6.45, 7) is 5.99. The molecule has 1 amide bonds. The number of aliphatic hydroxyl groups excluding tert-OH is 1. The molecule has 1 aliphatic rings. The third-order valence-electron chi connectivity index (χ3n) is 3.26. The minimum Gasteiger partial charge on any atom is -0.393 e. The predicted molar refractivity (Wildman–Crippen MR) is 68.8 cm³/mol. The highest BCUT2D eigenvalue weighted by Gasteiger charge is 2.16. The van der Waals surface area contributed by atoms with Crippen LogP contribution in [0.15, 0.2) is 0 Å². The molecule has 0 radical (unpaired) electrons. The van der Waals surface area contributed by atoms with Gasteiger partial charge in [-0.05, 0) is 33.1 Å². The Labute approximate surface area is 104 Å². The smallest absolute Gasteiger partial charge is 0.236 e. The van der Waals surface area contributed by atoms with Gasteiger partial charge in [0.25, 0.3) is 0 Å². The van der Waals surface area contributed by atoms with Crippen LogP contribution in [0.1, 0.15) is 46.0 Å². The first-order valence-electron chi connectivity index (χ1n) is 6.79. The van der Waals surface area contributed by atoms with E-state index < -0.39 is 0 Å². The first-order chi connectivity index (χ1) is 8.09. The van der Waals surface area contributed by atoms with E-state index in [0.29, 0.717) is 13.0 Å². The van der Waals surface area contributed by atoms with Gasteiger partial charge < -0.3 is 15.3 Å². The molecule has 1 heterocycles. The molecular formula is C13H26N2O2. The Bertz CT molecular complexity index is 223. The number of hydrogen-bond acceptors (Lipinski definition) is 3. The van der Waals surface area contributed by atoms with Crippen molar-refractivity contribution in [1.29, 1.82) is 0 Å². The van der Waals surface area contributed by atoms with Crippen LogP contribution in [-0.4, -0.2) is 47.7 Å². The summed E-state index contributed by atoms with van der Waals surface area (Å²) < 4.78 is 0. The lowest BCUT2D eigenvalue weighted by Crippen LogP contribution is -2.42. The lowest BCUT2D eigenvalue weighted by atomic mass is 10.1. The van der Waals surface area contributed by atoms with Crippen LogP contribution in [0.4, 0.5) is 0 Å². The maximum absolute atomic E-state index is 11.9. The largest absolute Gasteiger partial charge is 0.393 e. The summed E-state index contributed by atoms with van der Waals surface area (Å²) >= 11 is 0. The number of hydrogen-bond donors (Lipinski definition) is 2. The number of likely N-dealkylation sites (tertiary alicyclic amines) is 1. The average molecular weight is 242 g/mol. The minimum absolute atomic E-state index is 0.186. The molecule has 0 aromatic carbocycles. The topological polar surface area (TPSA) is 52.6 Å². The van der Waals surface area contributed by atoms with Gasteiger partial charge in [0.2, 0.25) is 5.91 Å². The molecule has 2 unspecified atom stereocenters. The standard InChI is InChI=1S/C13H26N2O2/c1-11(9-12(2)16)14-10-13(17)15-7-5-3-4-6-8-15/h11-12,14,16H,3-10H2,1-2H3. The van der Waals surface area contributed by atoms with Crippen LogP contribution in [0.3, 0.4) is 0 Å². The predicted octanol–water partition coefficient (Wildman–Crippen LogP) is 1.14. The quantitative estimate of drug-likeness (QED) is 0.760. The summed E-state index contributed by atoms with van der Waals surface area (Å²) in [5.41, 5.74) is 0. The van der Waals surface area contributed by atoms with Crippen molar-refractivity contribution in [3.63, 3.8) is 0 Å². The number of aliphatic hydroxyl groups is 1. The molecule has 100 valence electrons. The van der Waals surface area contributed by atoms with E-state index in [9.17, 15) is 9.90 Å². The van der Waals surface area contributed by atoms with Crippen molar-refractivity contribution in [2.24, 2.45) is 0 Å². The van der Waals surface area contributed by atoms with E-state index in [-0.39, 0.29) is 18.1 Å². The molecule has 0 bridgehead atoms. The van der Waals surface area contributed by atoms with Crippen LogP contribution in [0.5, 0.6) is 0 Å². The summed E-state index contributed by atoms with van der Waals surface area (Å²) in [4.78, 5) is 13.9. The van der Waals surface area contributed by atoms with Gasteiger partial charge >= 0.3 is 0 Å². The minimum atomic E-state index is -0.314. The van der Waals surface area contributed by atoms with Crippen LogP contribution >= 0.6 is 0 Å². The summed E-state index contributed by atoms with van der Waals surface area (Å²) in [5.74, 6) is 0.198. The number of rotatable bonds is 5. The Balaban J connectivity index is 2.23. The Morgan fingerprint density at radius 2 is 1.82 bits per heavy atom. The lowest BCUT2D eigenvalue weighted by molar-refractivity contribution is -0.130. The summed E-state index contributed by atoms with van der Waals surface area (Å²) in [6.07, 6.45) is 5.13. The number of carbonyl (C=O) groups excluding carboxylic acids is 1. The first kappa shape index (κ1) is 14.5. The molecule has 4 nitrogen and oxygen atoms in total. The Hall–Kier alpha value is -0.610. The van der Waals surface area contributed by atoms with Gasteiger partial charge in [-0.1, -0.05) is 12.8 Å². The van der Waals surface area contributed by atoms with Gasteiger partial charge in [-0.15, -0.1) is 0 Å². The highest BCUT2D eigenvalue weighted by atomic mass is 16.3. The number of nitrogens with zero attached hydrogens (tertiary/aromatic N) is 1. The van der Waals surface area contributed by atoms with E-state index in [0.717, 1.165) is 25.9 Å². The van der Waals surface area contributed by atoms with Crippen molar-refractivity contribution >= 4 is 5.91 Å². The second kappa shape index (κ2) is 7.67. The summed E-state index contributed by atoms with van der Waals surface area (Å²) in [6, 6.07) is 0.186. The molecule has 0 aromatic heterocycles. The molecule has 2 N–H and O–H groups in total. The molecule has 0 spiro atoms. The number of nitrogens with one attached hydrogen (secondary N) is 1. The Morgan fingerprint density at radius 3 is 2.35 bits per heavy atom. The second-order valence-corrected chi connectivity index (χ2v) is 5.16. The molecule has 1 rings (SSSR count). The normalized spacial score (nSPS) is 20.8. The SMILES string of the molecule is CC(O)CC(C)NCC(=O)N1CCCCCC1. The van der Waals surface area contributed by atoms with E-state index in [2.05, 4.69) is 5.32 Å². The zero-order chi connectivity index (χ0) is 12.7. The highest BCUT2D eigenvalue weighted by Crippen LogP contribution is 2.09. The van der Waals surface area contributed by atoms with Gasteiger partial charge in [0.15, 0.2) is 0 Å². The van der Waals surface area contributed by atoms with Crippen molar-refractivity contribution in [1.82, 2.24) is 10.2 Å². The molecule has 2 atom stereocenters. The van der Waals surface area contributed by atoms with E-state index in [4.69, 9.17) is 0 Å². The van der Waals surface area contributed by atoms with Crippen LogP contribution in [-0.2, 0) is 4.79 Å². The highest BCUT2D eigenvalue weighted by molar-refractivity contribution is 5.78. The molecule has 4 heteroatoms. The molecule has 1 saturated heterocycles. The van der Waals surface area contributed by atoms with Gasteiger partial charge in [-0.3, -0.25) is 4.79 Å². The second-order valence-electron chi connectivity index (χ2n) is 5.16. The van der Waals surface area contributed by atoms with E-state index in [1.165, 1.54) is 12.8 Å². The van der Waals surface area contributed by atoms with Gasteiger partial charge in [-0.2, -0.15) is 0 Å². The van der Waals surface area contributed by atoms with Crippen molar-refractivity contribution in [3.05, 3.63) is 0 Å². The molecule has 17 heavy (non-hydrogen) atoms. The number of amides is 1. The van der Waals surface area contributed by atoms with Gasteiger partial charge in [0, 0.05) is 19.1 Å². The molecular weight excluding hydrogens is 216 g/mol. The van der Waals surface area contributed by atoms with E-state index >= 15 is 0 Å². The fourth-order valence-corrected chi connectivity index (χ4v) is 2.29. The fraction of sp³-hybridized carbons (Fsp3) is 0.923. The molecule has 1 aliphatic heterocycles. The summed E-state index contributed by atoms with van der Waals surface area (Å²) in [5, 5.41) is 12.4. The van der Waals surface area contributed by atoms with Crippen molar-refractivity contribution in [3.8, 4) is 0 Å². The lowest BCUT2D eigenvalue weighted by Gasteiger charge is -2.22. The van der Waals surface area contributed by atoms with E-state index in [1.807, 2.05) is 11.8 Å². The van der Waals surface area contributed by atoms with Crippen LogP contribution in [0, 0.1) is 0 Å². The Kier molecular flexibility index (Phi) is 6.52. The van der Waals surface area contributed by atoms with Gasteiger partial charge in [0.1, 0.15) is 0 Å². The van der Waals surface area contributed by atoms with Gasteiger partial charge in [0.05, 0.1) is 12.6 Å². The zero-order valence-corrected chi connectivity index (χ0v) is 11.1. The molecule has 0 saturated carbocycles. The Morgan fingerprint density at radius 1 is 1.24 bits per heavy atom. The van der Waals surface area contributed by atoms with Crippen molar-refractivity contribution < 1.29 is 9.90 Å². The van der Waals surface area contributed by atoms with Crippen molar-refractivity contribution in [2.75, 3.05) is 19.6 Å². The van der Waals surface area contributed by atoms with Gasteiger partial charge in [-0.25, -0.2) is 0 Å². The van der Waals surface area contributed by atoms with Crippen LogP contribution in [0.25, 0.3) is 0 Å². The monoisotopic (exact) mass is 242 g/mol. The third-order valence-corrected chi connectivity index (χ3v) is 3.26. The fourth-order valence-electron chi connectivity index (χ4n) is 2.29. The molecule has 0 aromatic rings. The molecule has 0 aliphatic carbocycles. The third kappa shape index (κ3) is 6.03. The number of carbonyl (C=O) groups is 1. The van der Waals surface area contributed by atoms with Crippen LogP contribution in [0.2, 0.25) is 0 Å². The van der Waals surface area contributed by atoms with Crippen molar-refractivity contribution in [2.45, 2.75) is 58.1 Å². The first-order valence-corrected chi connectivity index (χ1v) is 6.79. The molecule has 1 fully saturated rings. The van der Waals surface area contributed by atoms with E-state index in [1.54, 1.807) is 6.92 Å². The average Bonchev–Trinajstić information content (AvgIpc) is 2.53. The van der Waals surface area contributed by atoms with Crippen LogP contribution < -0.4 is 5.32 Å². The maximum Gasteiger partial charge on any atom is 0.236 e. The zero-order valence-electron chi connectivity index (χ0n) is 11.1. The maximum atomic E-state index is 11.9.